The normalized spacial score (nSPS) is 16.7. The summed E-state index contributed by atoms with van der Waals surface area (Å²) >= 11 is 7.36. The van der Waals surface area contributed by atoms with Crippen molar-refractivity contribution in [3.8, 4) is 5.75 Å². The number of nitrogens with one attached hydrogen (secondary N) is 2. The van der Waals surface area contributed by atoms with Crippen LogP contribution in [0.3, 0.4) is 0 Å². The van der Waals surface area contributed by atoms with Gasteiger partial charge in [-0.05, 0) is 50.0 Å². The number of halogens is 1. The molecule has 1 aliphatic heterocycles. The Balaban J connectivity index is 1.59. The molecule has 0 aliphatic carbocycles. The fourth-order valence-electron chi connectivity index (χ4n) is 3.13. The molecule has 1 heterocycles. The average molecular weight is 434 g/mol. The number of anilines is 1. The molecule has 2 N–H and O–H groups in total. The number of amides is 2. The van der Waals surface area contributed by atoms with Gasteiger partial charge >= 0.3 is 0 Å². The van der Waals surface area contributed by atoms with Crippen molar-refractivity contribution in [3.05, 3.63) is 53.1 Å². The Morgan fingerprint density at radius 1 is 1.28 bits per heavy atom. The molecule has 6 nitrogen and oxygen atoms in total. The third-order valence-corrected chi connectivity index (χ3v) is 6.26. The van der Waals surface area contributed by atoms with Gasteiger partial charge in [-0.1, -0.05) is 23.7 Å². The number of carbonyl (C=O) groups excluding carboxylic acids is 2. The minimum atomic E-state index is -0.470. The number of likely N-dealkylation sites (N-methyl/N-ethyl adjacent to an activating group) is 1. The van der Waals surface area contributed by atoms with Gasteiger partial charge in [-0.2, -0.15) is 0 Å². The number of benzene rings is 2. The van der Waals surface area contributed by atoms with Crippen LogP contribution in [0.15, 0.2) is 47.4 Å². The topological polar surface area (TPSA) is 70.7 Å². The maximum Gasteiger partial charge on any atom is 0.238 e. The lowest BCUT2D eigenvalue weighted by atomic mass is 10.1. The summed E-state index contributed by atoms with van der Waals surface area (Å²) < 4.78 is 5.20. The van der Waals surface area contributed by atoms with Crippen LogP contribution in [0, 0.1) is 0 Å². The SMILES string of the molecule is COc1ccc([C@@H](CNC(=O)C[C@H]2Sc3ccc(Cl)cc3NC2=O)N(C)C)cc1. The van der Waals surface area contributed by atoms with E-state index in [1.165, 1.54) is 11.8 Å². The minimum absolute atomic E-state index is 0.0144. The van der Waals surface area contributed by atoms with E-state index in [1.54, 1.807) is 19.2 Å². The monoisotopic (exact) mass is 433 g/mol. The van der Waals surface area contributed by atoms with Crippen molar-refractivity contribution < 1.29 is 14.3 Å². The van der Waals surface area contributed by atoms with E-state index >= 15 is 0 Å². The van der Waals surface area contributed by atoms with Gasteiger partial charge in [0.25, 0.3) is 0 Å². The number of hydrogen-bond acceptors (Lipinski definition) is 5. The summed E-state index contributed by atoms with van der Waals surface area (Å²) in [4.78, 5) is 27.8. The lowest BCUT2D eigenvalue weighted by Gasteiger charge is -2.26. The van der Waals surface area contributed by atoms with Crippen molar-refractivity contribution in [1.29, 1.82) is 0 Å². The molecule has 0 fully saturated rings. The standard InChI is InChI=1S/C21H24ClN3O3S/c1-25(2)17(13-4-7-15(28-3)8-5-13)12-23-20(26)11-19-21(27)24-16-10-14(22)6-9-18(16)29-19/h4-10,17,19H,11-12H2,1-3H3,(H,23,26)(H,24,27)/t17-,19-/m1/s1. The largest absolute Gasteiger partial charge is 0.497 e. The predicted octanol–water partition coefficient (Wildman–Crippen LogP) is 3.57. The summed E-state index contributed by atoms with van der Waals surface area (Å²) in [7, 11) is 5.56. The van der Waals surface area contributed by atoms with E-state index in [2.05, 4.69) is 10.6 Å². The number of methoxy groups -OCH3 is 1. The summed E-state index contributed by atoms with van der Waals surface area (Å²) in [6.07, 6.45) is 0.112. The van der Waals surface area contributed by atoms with Crippen molar-refractivity contribution in [2.45, 2.75) is 22.6 Å². The van der Waals surface area contributed by atoms with Crippen molar-refractivity contribution in [3.63, 3.8) is 0 Å². The molecule has 2 atom stereocenters. The number of ether oxygens (including phenoxy) is 1. The lowest BCUT2D eigenvalue weighted by Crippen LogP contribution is -2.38. The first kappa shape index (κ1) is 21.5. The first-order valence-corrected chi connectivity index (χ1v) is 10.5. The molecule has 0 saturated carbocycles. The van der Waals surface area contributed by atoms with E-state index < -0.39 is 5.25 Å². The molecule has 0 aromatic heterocycles. The zero-order valence-electron chi connectivity index (χ0n) is 16.6. The van der Waals surface area contributed by atoms with Crippen LogP contribution in [0.25, 0.3) is 0 Å². The molecule has 0 spiro atoms. The molecule has 3 rings (SSSR count). The molecular formula is C21H24ClN3O3S. The Labute approximate surface area is 179 Å². The van der Waals surface area contributed by atoms with E-state index in [-0.39, 0.29) is 24.3 Å². The molecule has 1 aliphatic rings. The van der Waals surface area contributed by atoms with Crippen molar-refractivity contribution in [2.24, 2.45) is 0 Å². The van der Waals surface area contributed by atoms with Crippen LogP contribution in [-0.4, -0.2) is 49.7 Å². The second kappa shape index (κ2) is 9.52. The molecule has 0 unspecified atom stereocenters. The number of hydrogen-bond donors (Lipinski definition) is 2. The molecule has 2 aromatic rings. The molecule has 0 bridgehead atoms. The number of rotatable bonds is 7. The minimum Gasteiger partial charge on any atom is -0.497 e. The van der Waals surface area contributed by atoms with E-state index in [0.29, 0.717) is 17.3 Å². The predicted molar refractivity (Wildman–Crippen MR) is 117 cm³/mol. The number of nitrogens with zero attached hydrogens (tertiary/aromatic N) is 1. The fraction of sp³-hybridized carbons (Fsp3) is 0.333. The molecule has 8 heteroatoms. The zero-order valence-corrected chi connectivity index (χ0v) is 18.1. The molecule has 0 radical (unpaired) electrons. The van der Waals surface area contributed by atoms with Crippen LogP contribution < -0.4 is 15.4 Å². The summed E-state index contributed by atoms with van der Waals surface area (Å²) in [6, 6.07) is 13.1. The van der Waals surface area contributed by atoms with E-state index in [1.807, 2.05) is 49.3 Å². The van der Waals surface area contributed by atoms with Gasteiger partial charge in [0.05, 0.1) is 24.1 Å². The lowest BCUT2D eigenvalue weighted by molar-refractivity contribution is -0.124. The van der Waals surface area contributed by atoms with Gasteiger partial charge in [0, 0.05) is 22.9 Å². The summed E-state index contributed by atoms with van der Waals surface area (Å²) in [5.41, 5.74) is 1.77. The highest BCUT2D eigenvalue weighted by atomic mass is 35.5. The molecule has 0 saturated heterocycles. The zero-order chi connectivity index (χ0) is 21.0. The Morgan fingerprint density at radius 3 is 2.66 bits per heavy atom. The van der Waals surface area contributed by atoms with Gasteiger partial charge < -0.3 is 20.3 Å². The molecular weight excluding hydrogens is 410 g/mol. The summed E-state index contributed by atoms with van der Waals surface area (Å²) in [6.45, 7) is 0.448. The third-order valence-electron chi connectivity index (χ3n) is 4.75. The Hall–Kier alpha value is -2.22. The van der Waals surface area contributed by atoms with Gasteiger partial charge in [-0.3, -0.25) is 9.59 Å². The first-order chi connectivity index (χ1) is 13.9. The van der Waals surface area contributed by atoms with Crippen LogP contribution in [0.2, 0.25) is 5.02 Å². The first-order valence-electron chi connectivity index (χ1n) is 9.21. The maximum atomic E-state index is 12.5. The van der Waals surface area contributed by atoms with Crippen LogP contribution >= 0.6 is 23.4 Å². The number of thioether (sulfide) groups is 1. The van der Waals surface area contributed by atoms with Gasteiger partial charge in [0.15, 0.2) is 0 Å². The van der Waals surface area contributed by atoms with Gasteiger partial charge in [-0.15, -0.1) is 11.8 Å². The molecule has 2 aromatic carbocycles. The summed E-state index contributed by atoms with van der Waals surface area (Å²) in [5, 5.41) is 5.89. The van der Waals surface area contributed by atoms with E-state index in [0.717, 1.165) is 16.2 Å². The quantitative estimate of drug-likeness (QED) is 0.698. The van der Waals surface area contributed by atoms with Crippen LogP contribution in [0.4, 0.5) is 5.69 Å². The molecule has 154 valence electrons. The molecule has 29 heavy (non-hydrogen) atoms. The van der Waals surface area contributed by atoms with Crippen LogP contribution in [0.5, 0.6) is 5.75 Å². The molecule has 2 amide bonds. The smallest absolute Gasteiger partial charge is 0.238 e. The Kier molecular flexibility index (Phi) is 7.05. The van der Waals surface area contributed by atoms with Gasteiger partial charge in [0.1, 0.15) is 5.75 Å². The maximum absolute atomic E-state index is 12.5. The van der Waals surface area contributed by atoms with Crippen molar-refractivity contribution in [2.75, 3.05) is 33.1 Å². The Morgan fingerprint density at radius 2 is 2.00 bits per heavy atom. The van der Waals surface area contributed by atoms with Crippen molar-refractivity contribution >= 4 is 40.9 Å². The van der Waals surface area contributed by atoms with Gasteiger partial charge in [0.2, 0.25) is 11.8 Å². The fourth-order valence-corrected chi connectivity index (χ4v) is 4.40. The second-order valence-electron chi connectivity index (χ2n) is 7.00. The van der Waals surface area contributed by atoms with E-state index in [9.17, 15) is 9.59 Å². The number of carbonyl (C=O) groups is 2. The highest BCUT2D eigenvalue weighted by Gasteiger charge is 2.29. The van der Waals surface area contributed by atoms with E-state index in [4.69, 9.17) is 16.3 Å². The summed E-state index contributed by atoms with van der Waals surface area (Å²) in [5.74, 6) is 0.451. The second-order valence-corrected chi connectivity index (χ2v) is 8.68. The average Bonchev–Trinajstić information content (AvgIpc) is 2.69. The highest BCUT2D eigenvalue weighted by Crippen LogP contribution is 2.38. The Bertz CT molecular complexity index is 889. The van der Waals surface area contributed by atoms with Crippen molar-refractivity contribution in [1.82, 2.24) is 10.2 Å². The van der Waals surface area contributed by atoms with Gasteiger partial charge in [-0.25, -0.2) is 0 Å². The number of fused-ring (bicyclic) bond motifs is 1. The van der Waals surface area contributed by atoms with Crippen LogP contribution in [-0.2, 0) is 9.59 Å². The van der Waals surface area contributed by atoms with Crippen LogP contribution in [0.1, 0.15) is 18.0 Å². The highest BCUT2D eigenvalue weighted by molar-refractivity contribution is 8.01. The third kappa shape index (κ3) is 5.44.